The van der Waals surface area contributed by atoms with Crippen molar-refractivity contribution in [3.05, 3.63) is 33.9 Å². The lowest BCUT2D eigenvalue weighted by atomic mass is 10.1. The van der Waals surface area contributed by atoms with Gasteiger partial charge in [-0.3, -0.25) is 10.1 Å². The number of aromatic carboxylic acids is 1. The minimum Gasteiger partial charge on any atom is -0.492 e. The lowest BCUT2D eigenvalue weighted by Crippen LogP contribution is -2.07. The Morgan fingerprint density at radius 3 is 2.55 bits per heavy atom. The molecule has 0 unspecified atom stereocenters. The van der Waals surface area contributed by atoms with Crippen LogP contribution >= 0.6 is 0 Å². The van der Waals surface area contributed by atoms with Crippen LogP contribution in [0.15, 0.2) is 18.2 Å². The summed E-state index contributed by atoms with van der Waals surface area (Å²) in [5.74, 6) is -1.37. The zero-order valence-corrected chi connectivity index (χ0v) is 10.9. The van der Waals surface area contributed by atoms with E-state index >= 15 is 0 Å². The van der Waals surface area contributed by atoms with Crippen LogP contribution in [0.3, 0.4) is 0 Å². The van der Waals surface area contributed by atoms with Gasteiger partial charge in [-0.15, -0.1) is 0 Å². The molecule has 0 spiro atoms. The van der Waals surface area contributed by atoms with E-state index in [9.17, 15) is 14.9 Å². The maximum atomic E-state index is 11.1. The molecule has 1 aromatic rings. The number of nitro benzene ring substituents is 1. The number of ether oxygens (including phenoxy) is 1. The summed E-state index contributed by atoms with van der Waals surface area (Å²) in [5, 5.41) is 28.5. The lowest BCUT2D eigenvalue weighted by Gasteiger charge is -2.09. The molecule has 0 aliphatic heterocycles. The molecule has 7 nitrogen and oxygen atoms in total. The van der Waals surface area contributed by atoms with Gasteiger partial charge < -0.3 is 14.9 Å². The van der Waals surface area contributed by atoms with Crippen molar-refractivity contribution in [3.8, 4) is 5.75 Å². The number of benzene rings is 1. The van der Waals surface area contributed by atoms with Gasteiger partial charge in [-0.1, -0.05) is 12.5 Å². The van der Waals surface area contributed by atoms with E-state index in [0.717, 1.165) is 25.3 Å². The van der Waals surface area contributed by atoms with Gasteiger partial charge in [0.25, 0.3) is 5.69 Å². The normalized spacial score (nSPS) is 10.2. The molecule has 0 aliphatic rings. The number of aliphatic hydroxyl groups excluding tert-OH is 1. The van der Waals surface area contributed by atoms with E-state index in [1.165, 1.54) is 12.1 Å². The number of nitrogens with zero attached hydrogens (tertiary/aromatic N) is 1. The second kappa shape index (κ2) is 8.11. The molecule has 0 bridgehead atoms. The summed E-state index contributed by atoms with van der Waals surface area (Å²) >= 11 is 0. The predicted octanol–water partition coefficient (Wildman–Crippen LogP) is 2.22. The number of aliphatic hydroxyl groups is 1. The lowest BCUT2D eigenvalue weighted by molar-refractivity contribution is -0.385. The van der Waals surface area contributed by atoms with Crippen molar-refractivity contribution in [3.63, 3.8) is 0 Å². The Bertz CT molecular complexity index is 474. The molecule has 1 rings (SSSR count). The van der Waals surface area contributed by atoms with Crippen LogP contribution < -0.4 is 4.74 Å². The molecular formula is C13H17NO6. The topological polar surface area (TPSA) is 110 Å². The number of rotatable bonds is 9. The van der Waals surface area contributed by atoms with Crippen molar-refractivity contribution in [2.45, 2.75) is 25.7 Å². The maximum Gasteiger partial charge on any atom is 0.346 e. The van der Waals surface area contributed by atoms with Gasteiger partial charge in [-0.25, -0.2) is 4.79 Å². The van der Waals surface area contributed by atoms with Gasteiger partial charge in [0.15, 0.2) is 5.56 Å². The van der Waals surface area contributed by atoms with E-state index in [-0.39, 0.29) is 19.0 Å². The van der Waals surface area contributed by atoms with E-state index in [1.54, 1.807) is 0 Å². The summed E-state index contributed by atoms with van der Waals surface area (Å²) in [6, 6.07) is 3.94. The van der Waals surface area contributed by atoms with E-state index in [1.807, 2.05) is 0 Å². The predicted molar refractivity (Wildman–Crippen MR) is 71.1 cm³/mol. The van der Waals surface area contributed by atoms with Crippen LogP contribution in [0.5, 0.6) is 5.75 Å². The third-order valence-corrected chi connectivity index (χ3v) is 2.72. The smallest absolute Gasteiger partial charge is 0.346 e. The highest BCUT2D eigenvalue weighted by molar-refractivity contribution is 5.95. The molecule has 0 fully saturated rings. The summed E-state index contributed by atoms with van der Waals surface area (Å²) < 4.78 is 5.32. The van der Waals surface area contributed by atoms with Gasteiger partial charge in [-0.05, 0) is 25.3 Å². The first kappa shape index (κ1) is 15.9. The zero-order valence-electron chi connectivity index (χ0n) is 10.9. The monoisotopic (exact) mass is 283 g/mol. The van der Waals surface area contributed by atoms with E-state index in [4.69, 9.17) is 14.9 Å². The number of carboxylic acid groups (broad SMARTS) is 1. The zero-order chi connectivity index (χ0) is 15.0. The molecular weight excluding hydrogens is 266 g/mol. The molecule has 0 atom stereocenters. The second-order valence-corrected chi connectivity index (χ2v) is 4.20. The summed E-state index contributed by atoms with van der Waals surface area (Å²) in [7, 11) is 0. The van der Waals surface area contributed by atoms with Crippen LogP contribution in [0.25, 0.3) is 0 Å². The van der Waals surface area contributed by atoms with Gasteiger partial charge in [0.05, 0.1) is 11.5 Å². The highest BCUT2D eigenvalue weighted by Gasteiger charge is 2.24. The minimum atomic E-state index is -1.38. The van der Waals surface area contributed by atoms with Crippen LogP contribution in [-0.2, 0) is 0 Å². The standard InChI is InChI=1S/C13H17NO6/c15-8-3-1-2-4-9-20-11-7-5-6-10(14(18)19)12(11)13(16)17/h5-7,15H,1-4,8-9H2,(H,16,17). The summed E-state index contributed by atoms with van der Waals surface area (Å²) in [5.41, 5.74) is -0.900. The highest BCUT2D eigenvalue weighted by atomic mass is 16.6. The Balaban J connectivity index is 2.67. The second-order valence-electron chi connectivity index (χ2n) is 4.20. The summed E-state index contributed by atoms with van der Waals surface area (Å²) in [6.07, 6.45) is 3.12. The molecule has 110 valence electrons. The fraction of sp³-hybridized carbons (Fsp3) is 0.462. The Hall–Kier alpha value is -2.15. The molecule has 0 radical (unpaired) electrons. The van der Waals surface area contributed by atoms with Gasteiger partial charge in [0, 0.05) is 12.7 Å². The largest absolute Gasteiger partial charge is 0.492 e. The Morgan fingerprint density at radius 1 is 1.25 bits per heavy atom. The molecule has 0 saturated carbocycles. The third kappa shape index (κ3) is 4.51. The molecule has 1 aromatic carbocycles. The number of nitro groups is 1. The number of unbranched alkanes of at least 4 members (excludes halogenated alkanes) is 3. The van der Waals surface area contributed by atoms with E-state index < -0.39 is 22.1 Å². The van der Waals surface area contributed by atoms with Crippen molar-refractivity contribution in [2.75, 3.05) is 13.2 Å². The van der Waals surface area contributed by atoms with Crippen LogP contribution in [0.4, 0.5) is 5.69 Å². The van der Waals surface area contributed by atoms with Gasteiger partial charge >= 0.3 is 5.97 Å². The van der Waals surface area contributed by atoms with Crippen molar-refractivity contribution in [1.82, 2.24) is 0 Å². The highest BCUT2D eigenvalue weighted by Crippen LogP contribution is 2.28. The first-order valence-electron chi connectivity index (χ1n) is 6.32. The molecule has 0 aliphatic carbocycles. The van der Waals surface area contributed by atoms with E-state index in [2.05, 4.69) is 0 Å². The number of carboxylic acids is 1. The summed E-state index contributed by atoms with van der Waals surface area (Å²) in [6.45, 7) is 0.432. The first-order valence-corrected chi connectivity index (χ1v) is 6.32. The summed E-state index contributed by atoms with van der Waals surface area (Å²) in [4.78, 5) is 21.2. The minimum absolute atomic E-state index is 0.00820. The number of hydrogen-bond donors (Lipinski definition) is 2. The van der Waals surface area contributed by atoms with Crippen molar-refractivity contribution in [2.24, 2.45) is 0 Å². The molecule has 2 N–H and O–H groups in total. The number of hydrogen-bond acceptors (Lipinski definition) is 5. The van der Waals surface area contributed by atoms with Crippen molar-refractivity contribution < 1.29 is 24.7 Å². The number of carbonyl (C=O) groups is 1. The Kier molecular flexibility index (Phi) is 6.45. The first-order chi connectivity index (χ1) is 9.57. The molecule has 7 heteroatoms. The van der Waals surface area contributed by atoms with Gasteiger partial charge in [0.1, 0.15) is 5.75 Å². The van der Waals surface area contributed by atoms with Crippen molar-refractivity contribution in [1.29, 1.82) is 0 Å². The molecule has 0 heterocycles. The van der Waals surface area contributed by atoms with Crippen LogP contribution in [0.2, 0.25) is 0 Å². The van der Waals surface area contributed by atoms with Gasteiger partial charge in [-0.2, -0.15) is 0 Å². The molecule has 0 saturated heterocycles. The van der Waals surface area contributed by atoms with Crippen molar-refractivity contribution >= 4 is 11.7 Å². The average Bonchev–Trinajstić information content (AvgIpc) is 2.42. The van der Waals surface area contributed by atoms with Crippen LogP contribution in [-0.4, -0.2) is 34.3 Å². The van der Waals surface area contributed by atoms with Crippen LogP contribution in [0, 0.1) is 10.1 Å². The Labute approximate surface area is 116 Å². The SMILES string of the molecule is O=C(O)c1c(OCCCCCCO)cccc1[N+](=O)[O-]. The molecule has 0 aromatic heterocycles. The quantitative estimate of drug-likeness (QED) is 0.408. The fourth-order valence-electron chi connectivity index (χ4n) is 1.76. The average molecular weight is 283 g/mol. The van der Waals surface area contributed by atoms with Gasteiger partial charge in [0.2, 0.25) is 0 Å². The molecule has 0 amide bonds. The fourth-order valence-corrected chi connectivity index (χ4v) is 1.76. The van der Waals surface area contributed by atoms with Crippen LogP contribution in [0.1, 0.15) is 36.0 Å². The van der Waals surface area contributed by atoms with E-state index in [0.29, 0.717) is 6.42 Å². The Morgan fingerprint density at radius 2 is 1.95 bits per heavy atom. The molecule has 20 heavy (non-hydrogen) atoms. The third-order valence-electron chi connectivity index (χ3n) is 2.72. The maximum absolute atomic E-state index is 11.1.